The molecule has 0 bridgehead atoms. The number of hydrogen-bond acceptors (Lipinski definition) is 4. The van der Waals surface area contributed by atoms with Crippen LogP contribution in [0, 0.1) is 27.7 Å². The number of imidazole rings is 1. The zero-order valence-corrected chi connectivity index (χ0v) is 15.7. The smallest absolute Gasteiger partial charge is 0.234 e. The van der Waals surface area contributed by atoms with Crippen molar-refractivity contribution in [2.24, 2.45) is 7.05 Å². The third kappa shape index (κ3) is 2.74. The minimum absolute atomic E-state index is 0.439. The van der Waals surface area contributed by atoms with Crippen LogP contribution in [0.1, 0.15) is 52.9 Å². The lowest BCUT2D eigenvalue weighted by Crippen LogP contribution is -2.23. The minimum atomic E-state index is 0.439. The predicted molar refractivity (Wildman–Crippen MR) is 97.5 cm³/mol. The van der Waals surface area contributed by atoms with Gasteiger partial charge in [-0.25, -0.2) is 9.97 Å². The van der Waals surface area contributed by atoms with E-state index in [0.717, 1.165) is 35.9 Å². The zero-order valence-electron chi connectivity index (χ0n) is 15.7. The summed E-state index contributed by atoms with van der Waals surface area (Å²) in [6.07, 6.45) is 4.55. The molecule has 3 aromatic heterocycles. The topological polar surface area (TPSA) is 51.2 Å². The fourth-order valence-electron chi connectivity index (χ4n) is 4.22. The maximum Gasteiger partial charge on any atom is 0.234 e. The molecule has 0 spiro atoms. The Morgan fingerprint density at radius 3 is 2.68 bits per heavy atom. The zero-order chi connectivity index (χ0) is 17.7. The van der Waals surface area contributed by atoms with Crippen molar-refractivity contribution in [3.63, 3.8) is 0 Å². The Balaban J connectivity index is 1.64. The molecule has 0 amide bonds. The van der Waals surface area contributed by atoms with Crippen LogP contribution in [0.25, 0.3) is 5.78 Å². The van der Waals surface area contributed by atoms with Crippen LogP contribution in [0.2, 0.25) is 0 Å². The first-order valence-electron chi connectivity index (χ1n) is 9.00. The van der Waals surface area contributed by atoms with Gasteiger partial charge >= 0.3 is 0 Å². The Hall–Kier alpha value is -2.21. The molecule has 0 saturated carbocycles. The van der Waals surface area contributed by atoms with Gasteiger partial charge in [0.1, 0.15) is 0 Å². The van der Waals surface area contributed by atoms with Gasteiger partial charge in [-0.05, 0) is 53.1 Å². The van der Waals surface area contributed by atoms with Gasteiger partial charge in [0.05, 0.1) is 11.4 Å². The Bertz CT molecular complexity index is 935. The predicted octanol–water partition coefficient (Wildman–Crippen LogP) is 3.03. The summed E-state index contributed by atoms with van der Waals surface area (Å²) in [5, 5.41) is 4.61. The quantitative estimate of drug-likeness (QED) is 0.736. The fraction of sp³-hybridized carbons (Fsp3) is 0.526. The molecule has 1 atom stereocenters. The van der Waals surface area contributed by atoms with E-state index in [2.05, 4.69) is 52.4 Å². The van der Waals surface area contributed by atoms with Crippen LogP contribution in [-0.2, 0) is 13.6 Å². The van der Waals surface area contributed by atoms with E-state index in [1.165, 1.54) is 29.8 Å². The minimum Gasteiger partial charge on any atom is -0.290 e. The molecule has 6 heteroatoms. The van der Waals surface area contributed by atoms with Crippen LogP contribution in [0.15, 0.2) is 12.3 Å². The standard InChI is InChI=1S/C19H26N6/c1-12-9-13(2)25-11-16(21-19(25)20-12)10-24-8-6-7-17(24)18-14(3)22-23(5)15(18)4/h9,11,17H,6-8,10H2,1-5H3. The van der Waals surface area contributed by atoms with E-state index in [1.807, 2.05) is 18.7 Å². The Morgan fingerprint density at radius 2 is 1.96 bits per heavy atom. The van der Waals surface area contributed by atoms with Crippen LogP contribution >= 0.6 is 0 Å². The van der Waals surface area contributed by atoms with Gasteiger partial charge in [-0.3, -0.25) is 14.0 Å². The van der Waals surface area contributed by atoms with E-state index in [4.69, 9.17) is 4.98 Å². The molecule has 1 unspecified atom stereocenters. The van der Waals surface area contributed by atoms with Crippen molar-refractivity contribution < 1.29 is 0 Å². The summed E-state index contributed by atoms with van der Waals surface area (Å²) in [7, 11) is 2.03. The van der Waals surface area contributed by atoms with Gasteiger partial charge in [-0.1, -0.05) is 0 Å². The summed E-state index contributed by atoms with van der Waals surface area (Å²) in [5.41, 5.74) is 7.11. The molecule has 4 rings (SSSR count). The third-order valence-electron chi connectivity index (χ3n) is 5.44. The maximum absolute atomic E-state index is 4.77. The Morgan fingerprint density at radius 1 is 1.16 bits per heavy atom. The highest BCUT2D eigenvalue weighted by molar-refractivity contribution is 5.35. The molecule has 1 fully saturated rings. The molecule has 6 nitrogen and oxygen atoms in total. The number of nitrogens with zero attached hydrogens (tertiary/aromatic N) is 6. The lowest BCUT2D eigenvalue weighted by atomic mass is 10.0. The van der Waals surface area contributed by atoms with Crippen molar-refractivity contribution >= 4 is 5.78 Å². The molecular weight excluding hydrogens is 312 g/mol. The molecule has 0 radical (unpaired) electrons. The van der Waals surface area contributed by atoms with E-state index in [1.54, 1.807) is 0 Å². The first kappa shape index (κ1) is 16.3. The fourth-order valence-corrected chi connectivity index (χ4v) is 4.22. The first-order valence-corrected chi connectivity index (χ1v) is 9.00. The highest BCUT2D eigenvalue weighted by Gasteiger charge is 2.30. The maximum atomic E-state index is 4.77. The summed E-state index contributed by atoms with van der Waals surface area (Å²) in [4.78, 5) is 11.9. The van der Waals surface area contributed by atoms with Crippen molar-refractivity contribution in [1.29, 1.82) is 0 Å². The molecule has 1 aliphatic rings. The van der Waals surface area contributed by atoms with Crippen LogP contribution in [-0.4, -0.2) is 35.6 Å². The highest BCUT2D eigenvalue weighted by atomic mass is 15.3. The lowest BCUT2D eigenvalue weighted by Gasteiger charge is -2.24. The molecule has 0 aliphatic carbocycles. The van der Waals surface area contributed by atoms with E-state index in [-0.39, 0.29) is 0 Å². The SMILES string of the molecule is Cc1cc(C)n2cc(CN3CCCC3c3c(C)nn(C)c3C)nc2n1. The number of fused-ring (bicyclic) bond motifs is 1. The van der Waals surface area contributed by atoms with Crippen LogP contribution in [0.4, 0.5) is 0 Å². The van der Waals surface area contributed by atoms with Crippen molar-refractivity contribution in [1.82, 2.24) is 29.0 Å². The number of rotatable bonds is 3. The Kier molecular flexibility index (Phi) is 3.87. The van der Waals surface area contributed by atoms with Gasteiger partial charge < -0.3 is 0 Å². The summed E-state index contributed by atoms with van der Waals surface area (Å²) < 4.78 is 4.09. The largest absolute Gasteiger partial charge is 0.290 e. The van der Waals surface area contributed by atoms with Crippen LogP contribution in [0.3, 0.4) is 0 Å². The number of aromatic nitrogens is 5. The average molecular weight is 338 g/mol. The van der Waals surface area contributed by atoms with Gasteiger partial charge in [-0.2, -0.15) is 5.10 Å². The normalized spacial score (nSPS) is 18.5. The molecule has 132 valence electrons. The van der Waals surface area contributed by atoms with Crippen LogP contribution in [0.5, 0.6) is 0 Å². The number of likely N-dealkylation sites (tertiary alicyclic amines) is 1. The van der Waals surface area contributed by atoms with E-state index >= 15 is 0 Å². The van der Waals surface area contributed by atoms with Gasteiger partial charge in [0.15, 0.2) is 0 Å². The highest BCUT2D eigenvalue weighted by Crippen LogP contribution is 2.36. The van der Waals surface area contributed by atoms with E-state index in [0.29, 0.717) is 6.04 Å². The molecular formula is C19H26N6. The molecule has 25 heavy (non-hydrogen) atoms. The van der Waals surface area contributed by atoms with Crippen molar-refractivity contribution in [2.75, 3.05) is 6.54 Å². The molecule has 4 heterocycles. The molecule has 1 saturated heterocycles. The average Bonchev–Trinajstić information content (AvgIpc) is 3.20. The molecule has 0 N–H and O–H groups in total. The van der Waals surface area contributed by atoms with Crippen molar-refractivity contribution in [3.05, 3.63) is 46.3 Å². The lowest BCUT2D eigenvalue weighted by molar-refractivity contribution is 0.244. The molecule has 1 aliphatic heterocycles. The summed E-state index contributed by atoms with van der Waals surface area (Å²) in [6, 6.07) is 2.54. The van der Waals surface area contributed by atoms with Gasteiger partial charge in [0.2, 0.25) is 5.78 Å². The second-order valence-corrected chi connectivity index (χ2v) is 7.28. The van der Waals surface area contributed by atoms with Gasteiger partial charge in [0.25, 0.3) is 0 Å². The van der Waals surface area contributed by atoms with Crippen molar-refractivity contribution in [3.8, 4) is 0 Å². The monoisotopic (exact) mass is 338 g/mol. The summed E-state index contributed by atoms with van der Waals surface area (Å²) >= 11 is 0. The van der Waals surface area contributed by atoms with Crippen LogP contribution < -0.4 is 0 Å². The van der Waals surface area contributed by atoms with Gasteiger partial charge in [-0.15, -0.1) is 0 Å². The number of aryl methyl sites for hydroxylation is 4. The second kappa shape index (κ2) is 5.95. The number of hydrogen-bond donors (Lipinski definition) is 0. The first-order chi connectivity index (χ1) is 11.9. The van der Waals surface area contributed by atoms with Gasteiger partial charge in [0, 0.05) is 48.5 Å². The van der Waals surface area contributed by atoms with Crippen molar-refractivity contribution in [2.45, 2.75) is 53.1 Å². The van der Waals surface area contributed by atoms with E-state index < -0.39 is 0 Å². The molecule has 0 aromatic carbocycles. The molecule has 3 aromatic rings. The summed E-state index contributed by atoms with van der Waals surface area (Å²) in [5.74, 6) is 0.803. The third-order valence-corrected chi connectivity index (χ3v) is 5.44. The van der Waals surface area contributed by atoms with E-state index in [9.17, 15) is 0 Å². The summed E-state index contributed by atoms with van der Waals surface area (Å²) in [6.45, 7) is 10.4. The second-order valence-electron chi connectivity index (χ2n) is 7.28. The Labute approximate surface area is 148 Å².